The molecule has 1 heterocycles. The Kier molecular flexibility index (Phi) is 5.31. The van der Waals surface area contributed by atoms with Gasteiger partial charge in [-0.15, -0.1) is 0 Å². The summed E-state index contributed by atoms with van der Waals surface area (Å²) in [6.45, 7) is 7.81. The smallest absolute Gasteiger partial charge is 0.0259 e. The number of hydrogen-bond donors (Lipinski definition) is 1. The molecule has 1 aliphatic heterocycles. The molecule has 1 aromatic rings. The van der Waals surface area contributed by atoms with Crippen molar-refractivity contribution >= 4 is 11.8 Å². The lowest BCUT2D eigenvalue weighted by atomic mass is 10.0. The highest BCUT2D eigenvalue weighted by molar-refractivity contribution is 8.00. The monoisotopic (exact) mass is 278 g/mol. The standard InChI is InChI=1S/C16H26N2S/c1-16(2)8-9-18(10-11-19-16)15(13-17)12-14-6-4-3-5-7-14/h3-7,15H,8-13,17H2,1-2H3. The second kappa shape index (κ2) is 6.78. The highest BCUT2D eigenvalue weighted by atomic mass is 32.2. The first-order valence-corrected chi connectivity index (χ1v) is 8.21. The van der Waals surface area contributed by atoms with Crippen molar-refractivity contribution in [2.75, 3.05) is 25.4 Å². The van der Waals surface area contributed by atoms with E-state index in [0.29, 0.717) is 10.8 Å². The van der Waals surface area contributed by atoms with Gasteiger partial charge in [-0.25, -0.2) is 0 Å². The largest absolute Gasteiger partial charge is 0.329 e. The number of nitrogens with two attached hydrogens (primary N) is 1. The van der Waals surface area contributed by atoms with Gasteiger partial charge < -0.3 is 5.73 Å². The van der Waals surface area contributed by atoms with E-state index >= 15 is 0 Å². The van der Waals surface area contributed by atoms with Crippen molar-refractivity contribution in [2.24, 2.45) is 5.73 Å². The molecule has 1 saturated heterocycles. The highest BCUT2D eigenvalue weighted by Gasteiger charge is 2.26. The van der Waals surface area contributed by atoms with Crippen molar-refractivity contribution in [2.45, 2.75) is 37.5 Å². The molecule has 1 unspecified atom stereocenters. The first kappa shape index (κ1) is 14.9. The molecule has 0 radical (unpaired) electrons. The maximum atomic E-state index is 6.02. The van der Waals surface area contributed by atoms with Crippen LogP contribution in [0, 0.1) is 0 Å². The van der Waals surface area contributed by atoms with Gasteiger partial charge in [0.05, 0.1) is 0 Å². The molecule has 1 fully saturated rings. The van der Waals surface area contributed by atoms with E-state index in [4.69, 9.17) is 5.73 Å². The predicted octanol–water partition coefficient (Wildman–Crippen LogP) is 2.77. The van der Waals surface area contributed by atoms with E-state index in [-0.39, 0.29) is 0 Å². The van der Waals surface area contributed by atoms with Crippen LogP contribution in [0.15, 0.2) is 30.3 Å². The number of rotatable bonds is 4. The van der Waals surface area contributed by atoms with Crippen LogP contribution in [0.2, 0.25) is 0 Å². The molecule has 1 atom stereocenters. The average Bonchev–Trinajstić information content (AvgIpc) is 2.58. The summed E-state index contributed by atoms with van der Waals surface area (Å²) in [7, 11) is 0. The molecule has 0 aliphatic carbocycles. The molecule has 2 N–H and O–H groups in total. The van der Waals surface area contributed by atoms with E-state index in [2.05, 4.69) is 60.8 Å². The van der Waals surface area contributed by atoms with Gasteiger partial charge in [-0.2, -0.15) is 11.8 Å². The van der Waals surface area contributed by atoms with E-state index in [1.165, 1.54) is 30.8 Å². The number of nitrogens with zero attached hydrogens (tertiary/aromatic N) is 1. The van der Waals surface area contributed by atoms with E-state index in [9.17, 15) is 0 Å². The Morgan fingerprint density at radius 2 is 2.00 bits per heavy atom. The summed E-state index contributed by atoms with van der Waals surface area (Å²) in [5, 5.41) is 0. The topological polar surface area (TPSA) is 29.3 Å². The SMILES string of the molecule is CC1(C)CCN(C(CN)Cc2ccccc2)CCS1. The van der Waals surface area contributed by atoms with Crippen molar-refractivity contribution in [3.63, 3.8) is 0 Å². The lowest BCUT2D eigenvalue weighted by molar-refractivity contribution is 0.207. The third-order valence-corrected chi connectivity index (χ3v) is 5.35. The molecule has 106 valence electrons. The molecule has 2 nitrogen and oxygen atoms in total. The van der Waals surface area contributed by atoms with E-state index in [1.807, 2.05) is 0 Å². The molecule has 0 bridgehead atoms. The third kappa shape index (κ3) is 4.51. The van der Waals surface area contributed by atoms with E-state index in [1.54, 1.807) is 0 Å². The summed E-state index contributed by atoms with van der Waals surface area (Å²) in [5.74, 6) is 1.22. The first-order valence-electron chi connectivity index (χ1n) is 7.23. The van der Waals surface area contributed by atoms with Gasteiger partial charge in [0.2, 0.25) is 0 Å². The van der Waals surface area contributed by atoms with Gasteiger partial charge >= 0.3 is 0 Å². The fourth-order valence-electron chi connectivity index (χ4n) is 2.65. The van der Waals surface area contributed by atoms with Crippen LogP contribution in [0.3, 0.4) is 0 Å². The molecule has 2 rings (SSSR count). The van der Waals surface area contributed by atoms with Crippen LogP contribution in [0.4, 0.5) is 0 Å². The zero-order chi connectivity index (χ0) is 13.7. The van der Waals surface area contributed by atoms with Gasteiger partial charge in [0, 0.05) is 29.6 Å². The van der Waals surface area contributed by atoms with Crippen LogP contribution in [0.5, 0.6) is 0 Å². The molecule has 0 amide bonds. The minimum atomic E-state index is 0.417. The molecule has 0 saturated carbocycles. The van der Waals surface area contributed by atoms with Crippen LogP contribution in [-0.2, 0) is 6.42 Å². The van der Waals surface area contributed by atoms with E-state index < -0.39 is 0 Å². The van der Waals surface area contributed by atoms with Gasteiger partial charge in [0.1, 0.15) is 0 Å². The molecule has 1 aromatic carbocycles. The number of benzene rings is 1. The highest BCUT2D eigenvalue weighted by Crippen LogP contribution is 2.31. The molecule has 19 heavy (non-hydrogen) atoms. The lowest BCUT2D eigenvalue weighted by Crippen LogP contribution is -2.43. The molecule has 3 heteroatoms. The summed E-state index contributed by atoms with van der Waals surface area (Å²) < 4.78 is 0.417. The Labute approximate surface area is 121 Å². The van der Waals surface area contributed by atoms with Crippen molar-refractivity contribution in [1.82, 2.24) is 4.90 Å². The average molecular weight is 278 g/mol. The number of hydrogen-bond acceptors (Lipinski definition) is 3. The lowest BCUT2D eigenvalue weighted by Gasteiger charge is -2.30. The third-order valence-electron chi connectivity index (χ3n) is 3.98. The first-order chi connectivity index (χ1) is 9.11. The fraction of sp³-hybridized carbons (Fsp3) is 0.625. The van der Waals surface area contributed by atoms with Gasteiger partial charge in [0.25, 0.3) is 0 Å². The number of thioether (sulfide) groups is 1. The Bertz CT molecular complexity index is 378. The maximum Gasteiger partial charge on any atom is 0.0259 e. The fourth-order valence-corrected chi connectivity index (χ4v) is 3.76. The minimum absolute atomic E-state index is 0.417. The summed E-state index contributed by atoms with van der Waals surface area (Å²) in [4.78, 5) is 2.59. The Morgan fingerprint density at radius 1 is 1.26 bits per heavy atom. The molecule has 0 spiro atoms. The van der Waals surface area contributed by atoms with Crippen LogP contribution < -0.4 is 5.73 Å². The summed E-state index contributed by atoms with van der Waals surface area (Å²) in [5.41, 5.74) is 7.42. The quantitative estimate of drug-likeness (QED) is 0.918. The van der Waals surface area contributed by atoms with Crippen molar-refractivity contribution in [3.8, 4) is 0 Å². The normalized spacial score (nSPS) is 21.8. The minimum Gasteiger partial charge on any atom is -0.329 e. The van der Waals surface area contributed by atoms with Crippen molar-refractivity contribution in [1.29, 1.82) is 0 Å². The van der Waals surface area contributed by atoms with Crippen LogP contribution in [0.25, 0.3) is 0 Å². The summed E-state index contributed by atoms with van der Waals surface area (Å²) in [6, 6.07) is 11.2. The second-order valence-electron chi connectivity index (χ2n) is 5.97. The zero-order valence-corrected chi connectivity index (χ0v) is 13.0. The molecular formula is C16H26N2S. The van der Waals surface area contributed by atoms with Crippen molar-refractivity contribution in [3.05, 3.63) is 35.9 Å². The van der Waals surface area contributed by atoms with Gasteiger partial charge in [0.15, 0.2) is 0 Å². The van der Waals surface area contributed by atoms with Gasteiger partial charge in [-0.1, -0.05) is 44.2 Å². The molecule has 0 aromatic heterocycles. The van der Waals surface area contributed by atoms with Gasteiger partial charge in [-0.05, 0) is 24.9 Å². The Balaban J connectivity index is 1.97. The van der Waals surface area contributed by atoms with E-state index in [0.717, 1.165) is 13.0 Å². The Hall–Kier alpha value is -0.510. The van der Waals surface area contributed by atoms with Crippen LogP contribution in [-0.4, -0.2) is 41.1 Å². The maximum absolute atomic E-state index is 6.02. The molecule has 1 aliphatic rings. The van der Waals surface area contributed by atoms with Crippen LogP contribution >= 0.6 is 11.8 Å². The van der Waals surface area contributed by atoms with Crippen molar-refractivity contribution < 1.29 is 0 Å². The van der Waals surface area contributed by atoms with Crippen LogP contribution in [0.1, 0.15) is 25.8 Å². The predicted molar refractivity (Wildman–Crippen MR) is 85.7 cm³/mol. The Morgan fingerprint density at radius 3 is 2.68 bits per heavy atom. The zero-order valence-electron chi connectivity index (χ0n) is 12.1. The molecular weight excluding hydrogens is 252 g/mol. The summed E-state index contributed by atoms with van der Waals surface area (Å²) >= 11 is 2.10. The van der Waals surface area contributed by atoms with Gasteiger partial charge in [-0.3, -0.25) is 4.90 Å². The second-order valence-corrected chi connectivity index (χ2v) is 7.78. The summed E-state index contributed by atoms with van der Waals surface area (Å²) in [6.07, 6.45) is 2.32.